The number of rotatable bonds is 4. The zero-order valence-corrected chi connectivity index (χ0v) is 15.1. The number of benzene rings is 2. The van der Waals surface area contributed by atoms with Gasteiger partial charge in [0.2, 0.25) is 0 Å². The van der Waals surface area contributed by atoms with E-state index in [0.29, 0.717) is 16.8 Å². The fourth-order valence-electron chi connectivity index (χ4n) is 3.27. The van der Waals surface area contributed by atoms with Crippen LogP contribution in [-0.4, -0.2) is 27.6 Å². The van der Waals surface area contributed by atoms with Crippen molar-refractivity contribution in [3.8, 4) is 0 Å². The van der Waals surface area contributed by atoms with Crippen LogP contribution in [-0.2, 0) is 0 Å². The van der Waals surface area contributed by atoms with Crippen molar-refractivity contribution < 1.29 is 14.4 Å². The van der Waals surface area contributed by atoms with Crippen LogP contribution in [0, 0.1) is 0 Å². The third-order valence-electron chi connectivity index (χ3n) is 4.77. The van der Waals surface area contributed by atoms with E-state index in [2.05, 4.69) is 10.3 Å². The van der Waals surface area contributed by atoms with E-state index < -0.39 is 11.9 Å². The predicted octanol–water partition coefficient (Wildman–Crippen LogP) is 3.69. The van der Waals surface area contributed by atoms with Gasteiger partial charge in [0.25, 0.3) is 17.7 Å². The summed E-state index contributed by atoms with van der Waals surface area (Å²) < 4.78 is 0. The Morgan fingerprint density at radius 1 is 0.964 bits per heavy atom. The topological polar surface area (TPSA) is 79.4 Å². The van der Waals surface area contributed by atoms with Gasteiger partial charge in [0.05, 0.1) is 29.1 Å². The number of anilines is 1. The maximum Gasteiger partial charge on any atom is 0.262 e. The molecule has 0 saturated carbocycles. The summed E-state index contributed by atoms with van der Waals surface area (Å²) in [7, 11) is 0. The Morgan fingerprint density at radius 3 is 2.43 bits per heavy atom. The molecule has 0 radical (unpaired) electrons. The molecule has 28 heavy (non-hydrogen) atoms. The van der Waals surface area contributed by atoms with Crippen molar-refractivity contribution in [1.29, 1.82) is 0 Å². The summed E-state index contributed by atoms with van der Waals surface area (Å²) in [6.07, 6.45) is 3.14. The summed E-state index contributed by atoms with van der Waals surface area (Å²) in [4.78, 5) is 43.4. The van der Waals surface area contributed by atoms with E-state index in [0.717, 1.165) is 5.56 Å². The predicted molar refractivity (Wildman–Crippen MR) is 104 cm³/mol. The number of nitrogens with one attached hydrogen (secondary N) is 1. The molecule has 4 rings (SSSR count). The Kier molecular flexibility index (Phi) is 4.45. The summed E-state index contributed by atoms with van der Waals surface area (Å²) in [6.45, 7) is 1.81. The van der Waals surface area contributed by atoms with Gasteiger partial charge in [-0.1, -0.05) is 30.3 Å². The van der Waals surface area contributed by atoms with Gasteiger partial charge in [-0.15, -0.1) is 0 Å². The molecule has 1 aliphatic heterocycles. The second-order valence-electron chi connectivity index (χ2n) is 6.52. The minimum Gasteiger partial charge on any atom is -0.321 e. The highest BCUT2D eigenvalue weighted by Crippen LogP contribution is 2.31. The van der Waals surface area contributed by atoms with E-state index in [-0.39, 0.29) is 17.4 Å². The van der Waals surface area contributed by atoms with Gasteiger partial charge in [-0.05, 0) is 42.8 Å². The van der Waals surface area contributed by atoms with Gasteiger partial charge in [-0.3, -0.25) is 24.3 Å². The monoisotopic (exact) mass is 371 g/mol. The van der Waals surface area contributed by atoms with E-state index in [4.69, 9.17) is 0 Å². The number of nitrogens with zero attached hydrogens (tertiary/aromatic N) is 2. The highest BCUT2D eigenvalue weighted by molar-refractivity contribution is 6.22. The van der Waals surface area contributed by atoms with E-state index in [1.54, 1.807) is 24.4 Å². The Labute approximate surface area is 161 Å². The highest BCUT2D eigenvalue weighted by atomic mass is 16.2. The SMILES string of the molecule is C[C@@H](c1ccccc1)N1C(=O)c2ccc(C(=O)Nc3cccnc3)cc2C1=O. The van der Waals surface area contributed by atoms with Crippen molar-refractivity contribution in [2.75, 3.05) is 5.32 Å². The maximum absolute atomic E-state index is 12.9. The van der Waals surface area contributed by atoms with E-state index in [1.165, 1.54) is 23.2 Å². The molecular formula is C22H17N3O3. The van der Waals surface area contributed by atoms with Gasteiger partial charge in [0, 0.05) is 11.8 Å². The number of pyridine rings is 1. The Hall–Kier alpha value is -3.80. The normalized spacial score (nSPS) is 14.0. The van der Waals surface area contributed by atoms with Gasteiger partial charge in [-0.25, -0.2) is 0 Å². The smallest absolute Gasteiger partial charge is 0.262 e. The van der Waals surface area contributed by atoms with Crippen LogP contribution in [0.15, 0.2) is 73.1 Å². The van der Waals surface area contributed by atoms with Crippen LogP contribution in [0.5, 0.6) is 0 Å². The largest absolute Gasteiger partial charge is 0.321 e. The Balaban J connectivity index is 1.61. The number of imide groups is 1. The second kappa shape index (κ2) is 7.08. The van der Waals surface area contributed by atoms with Gasteiger partial charge in [0.1, 0.15) is 0 Å². The molecule has 1 aromatic heterocycles. The molecule has 3 amide bonds. The molecule has 0 saturated heterocycles. The van der Waals surface area contributed by atoms with Crippen molar-refractivity contribution in [3.63, 3.8) is 0 Å². The molecule has 1 N–H and O–H groups in total. The van der Waals surface area contributed by atoms with Crippen LogP contribution in [0.3, 0.4) is 0 Å². The fourth-order valence-corrected chi connectivity index (χ4v) is 3.27. The quantitative estimate of drug-likeness (QED) is 0.710. The first kappa shape index (κ1) is 17.6. The molecule has 0 unspecified atom stereocenters. The van der Waals surface area contributed by atoms with Crippen LogP contribution in [0.2, 0.25) is 0 Å². The van der Waals surface area contributed by atoms with Crippen LogP contribution in [0.1, 0.15) is 49.6 Å². The lowest BCUT2D eigenvalue weighted by Crippen LogP contribution is -2.32. The van der Waals surface area contributed by atoms with Gasteiger partial charge in [-0.2, -0.15) is 0 Å². The van der Waals surface area contributed by atoms with E-state index >= 15 is 0 Å². The second-order valence-corrected chi connectivity index (χ2v) is 6.52. The Morgan fingerprint density at radius 2 is 1.71 bits per heavy atom. The van der Waals surface area contributed by atoms with Crippen LogP contribution < -0.4 is 5.32 Å². The van der Waals surface area contributed by atoms with E-state index in [9.17, 15) is 14.4 Å². The molecule has 1 aliphatic rings. The molecule has 2 aromatic carbocycles. The minimum absolute atomic E-state index is 0.242. The number of hydrogen-bond acceptors (Lipinski definition) is 4. The van der Waals surface area contributed by atoms with E-state index in [1.807, 2.05) is 37.3 Å². The Bertz CT molecular complexity index is 1060. The molecule has 0 aliphatic carbocycles. The lowest BCUT2D eigenvalue weighted by molar-refractivity contribution is 0.0595. The van der Waals surface area contributed by atoms with Gasteiger partial charge < -0.3 is 5.32 Å². The first-order valence-corrected chi connectivity index (χ1v) is 8.84. The first-order valence-electron chi connectivity index (χ1n) is 8.84. The van der Waals surface area contributed by atoms with Gasteiger partial charge >= 0.3 is 0 Å². The maximum atomic E-state index is 12.9. The molecule has 0 bridgehead atoms. The molecule has 0 spiro atoms. The summed E-state index contributed by atoms with van der Waals surface area (Å²) in [5.74, 6) is -1.12. The van der Waals surface area contributed by atoms with Crippen molar-refractivity contribution >= 4 is 23.4 Å². The molecule has 2 heterocycles. The molecule has 1 atom stereocenters. The summed E-state index contributed by atoms with van der Waals surface area (Å²) in [5, 5.41) is 2.72. The standard InChI is InChI=1S/C22H17N3O3/c1-14(15-6-3-2-4-7-15)25-21(27)18-10-9-16(12-19(18)22(25)28)20(26)24-17-8-5-11-23-13-17/h2-14H,1H3,(H,24,26)/t14-/m0/s1. The number of fused-ring (bicyclic) bond motifs is 1. The molecule has 6 heteroatoms. The van der Waals surface area contributed by atoms with Crippen molar-refractivity contribution in [3.05, 3.63) is 95.3 Å². The zero-order valence-electron chi connectivity index (χ0n) is 15.1. The minimum atomic E-state index is -0.402. The number of carbonyl (C=O) groups is 3. The molecular weight excluding hydrogens is 354 g/mol. The third kappa shape index (κ3) is 3.05. The summed E-state index contributed by atoms with van der Waals surface area (Å²) in [5.41, 5.74) is 2.27. The summed E-state index contributed by atoms with van der Waals surface area (Å²) >= 11 is 0. The van der Waals surface area contributed by atoms with Crippen LogP contribution in [0.4, 0.5) is 5.69 Å². The van der Waals surface area contributed by atoms with Crippen LogP contribution >= 0.6 is 0 Å². The van der Waals surface area contributed by atoms with Crippen molar-refractivity contribution in [2.24, 2.45) is 0 Å². The van der Waals surface area contributed by atoms with Gasteiger partial charge in [0.15, 0.2) is 0 Å². The summed E-state index contributed by atoms with van der Waals surface area (Å²) in [6, 6.07) is 16.9. The number of aromatic nitrogens is 1. The molecule has 138 valence electrons. The number of carbonyl (C=O) groups excluding carboxylic acids is 3. The lowest BCUT2D eigenvalue weighted by Gasteiger charge is -2.22. The fraction of sp³-hybridized carbons (Fsp3) is 0.0909. The lowest BCUT2D eigenvalue weighted by atomic mass is 10.1. The van der Waals surface area contributed by atoms with Crippen molar-refractivity contribution in [2.45, 2.75) is 13.0 Å². The average Bonchev–Trinajstić information content (AvgIpc) is 2.98. The number of amides is 3. The highest BCUT2D eigenvalue weighted by Gasteiger charge is 2.39. The molecule has 0 fully saturated rings. The number of hydrogen-bond donors (Lipinski definition) is 1. The average molecular weight is 371 g/mol. The zero-order chi connectivity index (χ0) is 19.7. The third-order valence-corrected chi connectivity index (χ3v) is 4.77. The molecule has 3 aromatic rings. The van der Waals surface area contributed by atoms with Crippen LogP contribution in [0.25, 0.3) is 0 Å². The van der Waals surface area contributed by atoms with Crippen molar-refractivity contribution in [1.82, 2.24) is 9.88 Å². The first-order chi connectivity index (χ1) is 13.6. The molecule has 6 nitrogen and oxygen atoms in total.